The number of ether oxygens (including phenoxy) is 1. The summed E-state index contributed by atoms with van der Waals surface area (Å²) in [5.74, 6) is -0.603. The summed E-state index contributed by atoms with van der Waals surface area (Å²) in [4.78, 5) is 13.8. The molecular formula is C17H25FN2O4S. The van der Waals surface area contributed by atoms with E-state index in [4.69, 9.17) is 4.74 Å². The van der Waals surface area contributed by atoms with Crippen molar-refractivity contribution in [1.82, 2.24) is 9.21 Å². The van der Waals surface area contributed by atoms with Crippen molar-refractivity contribution < 1.29 is 22.3 Å². The van der Waals surface area contributed by atoms with Crippen LogP contribution >= 0.6 is 0 Å². The minimum atomic E-state index is -3.84. The molecule has 1 heterocycles. The summed E-state index contributed by atoms with van der Waals surface area (Å²) in [6.45, 7) is 9.20. The zero-order valence-electron chi connectivity index (χ0n) is 15.2. The molecule has 0 aliphatic carbocycles. The first kappa shape index (κ1) is 19.7. The van der Waals surface area contributed by atoms with E-state index in [0.717, 1.165) is 6.07 Å². The Morgan fingerprint density at radius 2 is 1.84 bits per heavy atom. The van der Waals surface area contributed by atoms with Crippen LogP contribution in [0.1, 0.15) is 34.6 Å². The molecule has 0 aromatic heterocycles. The lowest BCUT2D eigenvalue weighted by molar-refractivity contribution is 0.000106. The second-order valence-corrected chi connectivity index (χ2v) is 9.12. The molecule has 8 heteroatoms. The van der Waals surface area contributed by atoms with E-state index in [2.05, 4.69) is 0 Å². The molecule has 140 valence electrons. The molecule has 0 saturated carbocycles. The van der Waals surface area contributed by atoms with Crippen molar-refractivity contribution in [2.75, 3.05) is 13.1 Å². The van der Waals surface area contributed by atoms with Crippen LogP contribution in [-0.2, 0) is 14.8 Å². The number of amides is 1. The molecule has 6 nitrogen and oxygen atoms in total. The van der Waals surface area contributed by atoms with Crippen molar-refractivity contribution in [2.45, 2.75) is 57.2 Å². The number of hydrogen-bond donors (Lipinski definition) is 0. The number of carbonyl (C=O) groups is 1. The van der Waals surface area contributed by atoms with Crippen LogP contribution in [0.3, 0.4) is 0 Å². The maximum atomic E-state index is 13.4. The first-order chi connectivity index (χ1) is 11.4. The summed E-state index contributed by atoms with van der Waals surface area (Å²) in [6.07, 6.45) is -0.463. The van der Waals surface area contributed by atoms with Crippen molar-refractivity contribution >= 4 is 16.1 Å². The van der Waals surface area contributed by atoms with E-state index in [1.807, 2.05) is 0 Å². The number of nitrogens with zero attached hydrogens (tertiary/aromatic N) is 2. The molecule has 1 fully saturated rings. The Hall–Kier alpha value is -1.67. The molecule has 1 amide bonds. The van der Waals surface area contributed by atoms with Crippen molar-refractivity contribution in [3.8, 4) is 0 Å². The Balaban J connectivity index is 2.21. The zero-order valence-corrected chi connectivity index (χ0v) is 16.0. The van der Waals surface area contributed by atoms with E-state index in [-0.39, 0.29) is 24.0 Å². The third kappa shape index (κ3) is 4.30. The number of hydrogen-bond acceptors (Lipinski definition) is 4. The number of piperazine rings is 1. The molecule has 0 N–H and O–H groups in total. The molecule has 0 radical (unpaired) electrons. The van der Waals surface area contributed by atoms with Gasteiger partial charge < -0.3 is 9.64 Å². The summed E-state index contributed by atoms with van der Waals surface area (Å²) >= 11 is 0. The molecule has 1 aliphatic heterocycles. The van der Waals surface area contributed by atoms with Gasteiger partial charge in [0.05, 0.1) is 4.90 Å². The molecule has 25 heavy (non-hydrogen) atoms. The second-order valence-electron chi connectivity index (χ2n) is 7.23. The summed E-state index contributed by atoms with van der Waals surface area (Å²) in [6, 6.07) is 4.11. The second kappa shape index (κ2) is 6.92. The first-order valence-electron chi connectivity index (χ1n) is 8.20. The van der Waals surface area contributed by atoms with Crippen molar-refractivity contribution in [3.05, 3.63) is 30.1 Å². The van der Waals surface area contributed by atoms with E-state index in [9.17, 15) is 17.6 Å². The van der Waals surface area contributed by atoms with Crippen LogP contribution in [0.4, 0.5) is 9.18 Å². The monoisotopic (exact) mass is 372 g/mol. The maximum Gasteiger partial charge on any atom is 0.410 e. The average molecular weight is 372 g/mol. The highest BCUT2D eigenvalue weighted by Gasteiger charge is 2.41. The quantitative estimate of drug-likeness (QED) is 0.801. The fourth-order valence-corrected chi connectivity index (χ4v) is 4.51. The molecule has 1 aromatic carbocycles. The molecule has 1 saturated heterocycles. The Morgan fingerprint density at radius 1 is 1.20 bits per heavy atom. The molecule has 2 rings (SSSR count). The van der Waals surface area contributed by atoms with Gasteiger partial charge in [0.15, 0.2) is 0 Å². The Morgan fingerprint density at radius 3 is 2.40 bits per heavy atom. The topological polar surface area (TPSA) is 66.9 Å². The van der Waals surface area contributed by atoms with Crippen molar-refractivity contribution in [1.29, 1.82) is 0 Å². The van der Waals surface area contributed by atoms with Gasteiger partial charge in [0.2, 0.25) is 10.0 Å². The SMILES string of the molecule is C[C@@H]1[C@H](C)N(S(=O)(=O)c2cccc(F)c2)CCN1C(=O)OC(C)(C)C. The Kier molecular flexibility index (Phi) is 5.44. The summed E-state index contributed by atoms with van der Waals surface area (Å²) < 4.78 is 45.8. The zero-order chi connectivity index (χ0) is 19.0. The first-order valence-corrected chi connectivity index (χ1v) is 9.64. The molecule has 0 bridgehead atoms. The largest absolute Gasteiger partial charge is 0.444 e. The van der Waals surface area contributed by atoms with Gasteiger partial charge in [-0.3, -0.25) is 0 Å². The number of halogens is 1. The third-order valence-electron chi connectivity index (χ3n) is 4.24. The van der Waals surface area contributed by atoms with Gasteiger partial charge in [-0.15, -0.1) is 0 Å². The van der Waals surface area contributed by atoms with Crippen LogP contribution in [0.2, 0.25) is 0 Å². The van der Waals surface area contributed by atoms with Gasteiger partial charge in [-0.05, 0) is 52.8 Å². The average Bonchev–Trinajstić information content (AvgIpc) is 2.47. The van der Waals surface area contributed by atoms with E-state index < -0.39 is 33.6 Å². The van der Waals surface area contributed by atoms with Gasteiger partial charge in [-0.1, -0.05) is 6.07 Å². The van der Waals surface area contributed by atoms with Crippen LogP contribution in [0.25, 0.3) is 0 Å². The van der Waals surface area contributed by atoms with Gasteiger partial charge in [-0.25, -0.2) is 17.6 Å². The van der Waals surface area contributed by atoms with Gasteiger partial charge in [-0.2, -0.15) is 4.31 Å². The summed E-state index contributed by atoms with van der Waals surface area (Å²) in [5.41, 5.74) is -0.620. The van der Waals surface area contributed by atoms with Crippen LogP contribution < -0.4 is 0 Å². The van der Waals surface area contributed by atoms with E-state index in [0.29, 0.717) is 0 Å². The lowest BCUT2D eigenvalue weighted by Gasteiger charge is -2.44. The van der Waals surface area contributed by atoms with Gasteiger partial charge in [0, 0.05) is 25.2 Å². The van der Waals surface area contributed by atoms with E-state index in [1.54, 1.807) is 34.6 Å². The number of rotatable bonds is 2. The van der Waals surface area contributed by atoms with Gasteiger partial charge in [0.1, 0.15) is 11.4 Å². The molecule has 0 unspecified atom stereocenters. The fourth-order valence-electron chi connectivity index (χ4n) is 2.79. The number of sulfonamides is 1. The molecule has 0 spiro atoms. The normalized spacial score (nSPS) is 22.7. The molecule has 2 atom stereocenters. The number of carbonyl (C=O) groups excluding carboxylic acids is 1. The van der Waals surface area contributed by atoms with Crippen LogP contribution in [0.15, 0.2) is 29.2 Å². The Labute approximate surface area is 148 Å². The lowest BCUT2D eigenvalue weighted by Crippen LogP contribution is -2.60. The minimum absolute atomic E-state index is 0.0859. The van der Waals surface area contributed by atoms with Gasteiger partial charge in [0.25, 0.3) is 0 Å². The van der Waals surface area contributed by atoms with E-state index >= 15 is 0 Å². The predicted molar refractivity (Wildman–Crippen MR) is 92.2 cm³/mol. The minimum Gasteiger partial charge on any atom is -0.444 e. The highest BCUT2D eigenvalue weighted by Crippen LogP contribution is 2.26. The highest BCUT2D eigenvalue weighted by atomic mass is 32.2. The van der Waals surface area contributed by atoms with Crippen LogP contribution in [0, 0.1) is 5.82 Å². The van der Waals surface area contributed by atoms with Crippen LogP contribution in [0.5, 0.6) is 0 Å². The third-order valence-corrected chi connectivity index (χ3v) is 6.22. The van der Waals surface area contributed by atoms with Crippen molar-refractivity contribution in [3.63, 3.8) is 0 Å². The molecule has 1 aliphatic rings. The Bertz CT molecular complexity index is 745. The van der Waals surface area contributed by atoms with Crippen LogP contribution in [-0.4, -0.2) is 54.5 Å². The standard InChI is InChI=1S/C17H25FN2O4S/c1-12-13(2)20(10-9-19(12)16(21)24-17(3,4)5)25(22,23)15-8-6-7-14(18)11-15/h6-8,11-13H,9-10H2,1-5H3/t12-,13+/m1/s1. The maximum absolute atomic E-state index is 13.4. The molecule has 1 aromatic rings. The lowest BCUT2D eigenvalue weighted by atomic mass is 10.1. The predicted octanol–water partition coefficient (Wildman–Crippen LogP) is 2.84. The highest BCUT2D eigenvalue weighted by molar-refractivity contribution is 7.89. The van der Waals surface area contributed by atoms with Gasteiger partial charge >= 0.3 is 6.09 Å². The number of benzene rings is 1. The van der Waals surface area contributed by atoms with Crippen molar-refractivity contribution in [2.24, 2.45) is 0 Å². The molecular weight excluding hydrogens is 347 g/mol. The smallest absolute Gasteiger partial charge is 0.410 e. The summed E-state index contributed by atoms with van der Waals surface area (Å²) in [7, 11) is -3.84. The van der Waals surface area contributed by atoms with E-state index in [1.165, 1.54) is 27.4 Å². The summed E-state index contributed by atoms with van der Waals surface area (Å²) in [5, 5.41) is 0. The fraction of sp³-hybridized carbons (Fsp3) is 0.588.